The molecule has 0 saturated heterocycles. The first kappa shape index (κ1) is 9.20. The number of H-pyrrole nitrogens is 2. The Balaban J connectivity index is 2.70. The smallest absolute Gasteiger partial charge is 0.311 e. The molecule has 6 nitrogen and oxygen atoms in total. The minimum absolute atomic E-state index is 0.0145. The van der Waals surface area contributed by atoms with E-state index in [4.69, 9.17) is 0 Å². The van der Waals surface area contributed by atoms with Crippen LogP contribution in [0.15, 0.2) is 9.59 Å². The van der Waals surface area contributed by atoms with E-state index in [9.17, 15) is 18.0 Å². The fourth-order valence-corrected chi connectivity index (χ4v) is 2.88. The summed E-state index contributed by atoms with van der Waals surface area (Å²) in [5, 5.41) is 0. The maximum absolute atomic E-state index is 11.2. The third-order valence-electron chi connectivity index (χ3n) is 2.16. The van der Waals surface area contributed by atoms with E-state index in [-0.39, 0.29) is 23.5 Å². The fraction of sp³-hybridized carbons (Fsp3) is 0.429. The Bertz CT molecular complexity index is 580. The Morgan fingerprint density at radius 2 is 1.86 bits per heavy atom. The predicted molar refractivity (Wildman–Crippen MR) is 48.9 cm³/mol. The monoisotopic (exact) mass is 216 g/mol. The lowest BCUT2D eigenvalue weighted by Gasteiger charge is -2.13. The van der Waals surface area contributed by atoms with Crippen molar-refractivity contribution in [1.29, 1.82) is 0 Å². The van der Waals surface area contributed by atoms with Crippen molar-refractivity contribution < 1.29 is 8.42 Å². The molecule has 0 bridgehead atoms. The summed E-state index contributed by atoms with van der Waals surface area (Å²) in [5.74, 6) is -0.298. The van der Waals surface area contributed by atoms with Gasteiger partial charge in [0, 0.05) is 12.1 Å². The zero-order valence-electron chi connectivity index (χ0n) is 7.16. The largest absolute Gasteiger partial charge is 0.325 e. The van der Waals surface area contributed by atoms with Gasteiger partial charge in [-0.25, -0.2) is 13.2 Å². The number of rotatable bonds is 0. The molecule has 0 fully saturated rings. The second-order valence-corrected chi connectivity index (χ2v) is 5.39. The van der Waals surface area contributed by atoms with Gasteiger partial charge in [-0.05, 0) is 0 Å². The van der Waals surface area contributed by atoms with Crippen LogP contribution in [0.1, 0.15) is 11.3 Å². The van der Waals surface area contributed by atoms with Gasteiger partial charge >= 0.3 is 5.69 Å². The highest BCUT2D eigenvalue weighted by Crippen LogP contribution is 2.13. The lowest BCUT2D eigenvalue weighted by atomic mass is 10.2. The average molecular weight is 216 g/mol. The highest BCUT2D eigenvalue weighted by molar-refractivity contribution is 7.90. The van der Waals surface area contributed by atoms with Crippen LogP contribution in [0.4, 0.5) is 0 Å². The quantitative estimate of drug-likeness (QED) is 0.553. The summed E-state index contributed by atoms with van der Waals surface area (Å²) in [5.41, 5.74) is -0.593. The van der Waals surface area contributed by atoms with Gasteiger partial charge in [-0.1, -0.05) is 0 Å². The Morgan fingerprint density at radius 1 is 1.14 bits per heavy atom. The van der Waals surface area contributed by atoms with E-state index in [0.29, 0.717) is 5.69 Å². The highest BCUT2D eigenvalue weighted by atomic mass is 32.2. The number of hydrogen-bond acceptors (Lipinski definition) is 4. The average Bonchev–Trinajstić information content (AvgIpc) is 2.06. The summed E-state index contributed by atoms with van der Waals surface area (Å²) in [6.07, 6.45) is 0.205. The number of fused-ring (bicyclic) bond motifs is 1. The van der Waals surface area contributed by atoms with Gasteiger partial charge in [-0.2, -0.15) is 0 Å². The summed E-state index contributed by atoms with van der Waals surface area (Å²) in [7, 11) is -3.17. The molecule has 14 heavy (non-hydrogen) atoms. The molecule has 0 amide bonds. The third kappa shape index (κ3) is 1.50. The summed E-state index contributed by atoms with van der Waals surface area (Å²) >= 11 is 0. The fourth-order valence-electron chi connectivity index (χ4n) is 1.48. The second-order valence-electron chi connectivity index (χ2n) is 3.21. The molecule has 0 radical (unpaired) electrons. The molecule has 1 aliphatic heterocycles. The van der Waals surface area contributed by atoms with Gasteiger partial charge in [-0.3, -0.25) is 9.78 Å². The van der Waals surface area contributed by atoms with E-state index >= 15 is 0 Å². The molecule has 0 atom stereocenters. The first-order valence-corrected chi connectivity index (χ1v) is 5.85. The van der Waals surface area contributed by atoms with Crippen molar-refractivity contribution in [3.8, 4) is 0 Å². The van der Waals surface area contributed by atoms with Gasteiger partial charge in [0.05, 0.1) is 17.1 Å². The molecule has 2 heterocycles. The lowest BCUT2D eigenvalue weighted by Crippen LogP contribution is -2.33. The molecule has 76 valence electrons. The molecule has 2 rings (SSSR count). The topological polar surface area (TPSA) is 99.9 Å². The molecule has 2 N–H and O–H groups in total. The van der Waals surface area contributed by atoms with Crippen LogP contribution >= 0.6 is 0 Å². The summed E-state index contributed by atoms with van der Waals surface area (Å²) in [6.45, 7) is 0. The molecule has 0 saturated carbocycles. The van der Waals surface area contributed by atoms with E-state index in [1.807, 2.05) is 4.98 Å². The molecule has 1 aromatic rings. The van der Waals surface area contributed by atoms with Crippen LogP contribution in [0.3, 0.4) is 0 Å². The van der Waals surface area contributed by atoms with Crippen LogP contribution in [0.5, 0.6) is 0 Å². The van der Waals surface area contributed by atoms with Gasteiger partial charge in [0.15, 0.2) is 9.84 Å². The lowest BCUT2D eigenvalue weighted by molar-refractivity contribution is 0.589. The van der Waals surface area contributed by atoms with Gasteiger partial charge in [0.2, 0.25) is 0 Å². The molecule has 7 heteroatoms. The third-order valence-corrected chi connectivity index (χ3v) is 3.71. The van der Waals surface area contributed by atoms with Crippen LogP contribution in [0.25, 0.3) is 0 Å². The molecule has 0 unspecified atom stereocenters. The van der Waals surface area contributed by atoms with Crippen molar-refractivity contribution in [2.45, 2.75) is 12.2 Å². The molecular formula is C7H8N2O4S. The second kappa shape index (κ2) is 2.81. The van der Waals surface area contributed by atoms with Gasteiger partial charge < -0.3 is 4.98 Å². The Labute approximate surface area is 78.9 Å². The van der Waals surface area contributed by atoms with Crippen LogP contribution in [-0.4, -0.2) is 24.1 Å². The molecule has 1 aromatic heterocycles. The van der Waals surface area contributed by atoms with Crippen LogP contribution < -0.4 is 11.2 Å². The highest BCUT2D eigenvalue weighted by Gasteiger charge is 2.24. The van der Waals surface area contributed by atoms with E-state index < -0.39 is 21.1 Å². The van der Waals surface area contributed by atoms with Gasteiger partial charge in [-0.15, -0.1) is 0 Å². The maximum atomic E-state index is 11.2. The molecule has 0 aromatic carbocycles. The van der Waals surface area contributed by atoms with E-state index in [1.165, 1.54) is 0 Å². The van der Waals surface area contributed by atoms with Crippen molar-refractivity contribution in [3.05, 3.63) is 32.1 Å². The molecule has 1 aliphatic rings. The summed E-state index contributed by atoms with van der Waals surface area (Å²) in [6, 6.07) is 0. The van der Waals surface area contributed by atoms with Crippen molar-refractivity contribution in [1.82, 2.24) is 9.97 Å². The van der Waals surface area contributed by atoms with Crippen molar-refractivity contribution in [2.24, 2.45) is 0 Å². The normalized spacial score (nSPS) is 18.9. The minimum Gasteiger partial charge on any atom is -0.311 e. The predicted octanol–water partition coefficient (Wildman–Crippen LogP) is -1.47. The molecule has 0 aliphatic carbocycles. The zero-order chi connectivity index (χ0) is 10.3. The number of aryl methyl sites for hydroxylation is 1. The maximum Gasteiger partial charge on any atom is 0.325 e. The molecular weight excluding hydrogens is 208 g/mol. The van der Waals surface area contributed by atoms with Crippen LogP contribution in [0.2, 0.25) is 0 Å². The Kier molecular flexibility index (Phi) is 1.84. The number of aromatic amines is 2. The number of nitrogens with one attached hydrogen (secondary N) is 2. The zero-order valence-corrected chi connectivity index (χ0v) is 7.98. The SMILES string of the molecule is O=c1[nH]c2c(c(=O)[nH]1)CS(=O)(=O)CC2. The standard InChI is InChI=1S/C7H8N2O4S/c10-6-4-3-14(12,13)2-1-5(4)8-7(11)9-6/h1-3H2,(H2,8,9,10,11). The first-order chi connectivity index (χ1) is 6.48. The van der Waals surface area contributed by atoms with E-state index in [2.05, 4.69) is 4.98 Å². The van der Waals surface area contributed by atoms with Crippen LogP contribution in [0, 0.1) is 0 Å². The van der Waals surface area contributed by atoms with Crippen LogP contribution in [-0.2, 0) is 22.0 Å². The van der Waals surface area contributed by atoms with Crippen molar-refractivity contribution in [2.75, 3.05) is 5.75 Å². The number of aromatic nitrogens is 2. The molecule has 0 spiro atoms. The van der Waals surface area contributed by atoms with Crippen molar-refractivity contribution >= 4 is 9.84 Å². The number of sulfone groups is 1. The number of hydrogen-bond donors (Lipinski definition) is 2. The first-order valence-electron chi connectivity index (χ1n) is 4.03. The van der Waals surface area contributed by atoms with Gasteiger partial charge in [0.25, 0.3) is 5.56 Å². The van der Waals surface area contributed by atoms with Gasteiger partial charge in [0.1, 0.15) is 0 Å². The summed E-state index contributed by atoms with van der Waals surface area (Å²) < 4.78 is 22.4. The summed E-state index contributed by atoms with van der Waals surface area (Å²) in [4.78, 5) is 26.5. The van der Waals surface area contributed by atoms with E-state index in [1.54, 1.807) is 0 Å². The Morgan fingerprint density at radius 3 is 2.57 bits per heavy atom. The van der Waals surface area contributed by atoms with E-state index in [0.717, 1.165) is 0 Å². The Hall–Kier alpha value is -1.37. The minimum atomic E-state index is -3.17. The van der Waals surface area contributed by atoms with Crippen molar-refractivity contribution in [3.63, 3.8) is 0 Å².